The number of carbonyl (C=O) groups excluding carboxylic acids is 6. The number of aliphatic hydroxyl groups is 1. The molecule has 5 aromatic rings. The van der Waals surface area contributed by atoms with Crippen LogP contribution in [0.25, 0.3) is 0 Å². The molecule has 2 atom stereocenters. The number of fused-ring (bicyclic) bond motifs is 2. The summed E-state index contributed by atoms with van der Waals surface area (Å²) < 4.78 is 12.3. The van der Waals surface area contributed by atoms with E-state index in [0.29, 0.717) is 86.4 Å². The molecule has 11 rings (SSSR count). The molecule has 2 unspecified atom stereocenters. The van der Waals surface area contributed by atoms with Gasteiger partial charge >= 0.3 is 0 Å². The number of ether oxygens (including phenoxy) is 2. The molecule has 14 heteroatoms. The summed E-state index contributed by atoms with van der Waals surface area (Å²) in [5.41, 5.74) is 8.23. The maximum atomic E-state index is 13.1. The number of piperidine rings is 2. The van der Waals surface area contributed by atoms with Crippen LogP contribution in [0.1, 0.15) is 144 Å². The van der Waals surface area contributed by atoms with Gasteiger partial charge in [0.25, 0.3) is 11.8 Å². The third kappa shape index (κ3) is 12.2. The predicted molar refractivity (Wildman–Crippen MR) is 285 cm³/mol. The van der Waals surface area contributed by atoms with Gasteiger partial charge in [-0.25, -0.2) is 0 Å². The molecule has 4 aromatic carbocycles. The lowest BCUT2D eigenvalue weighted by Crippen LogP contribution is -2.44. The van der Waals surface area contributed by atoms with Crippen molar-refractivity contribution in [2.75, 3.05) is 26.2 Å². The van der Waals surface area contributed by atoms with Crippen LogP contribution in [0.5, 0.6) is 11.5 Å². The fraction of sp³-hybridized carbons (Fsp3) is 0.435. The Kier molecular flexibility index (Phi) is 16.0. The zero-order chi connectivity index (χ0) is 52.9. The molecule has 0 radical (unpaired) electrons. The molecule has 1 aromatic heterocycles. The molecule has 2 saturated carbocycles. The predicted octanol–water partition coefficient (Wildman–Crippen LogP) is 8.58. The highest BCUT2D eigenvalue weighted by Crippen LogP contribution is 2.37. The Morgan fingerprint density at radius 2 is 0.961 bits per heavy atom. The van der Waals surface area contributed by atoms with E-state index in [-0.39, 0.29) is 47.8 Å². The van der Waals surface area contributed by atoms with Gasteiger partial charge in [0.05, 0.1) is 43.6 Å². The van der Waals surface area contributed by atoms with Crippen molar-refractivity contribution in [3.8, 4) is 11.5 Å². The topological polar surface area (TPSA) is 167 Å². The quantitative estimate of drug-likeness (QED) is 0.105. The molecule has 2 saturated heterocycles. The number of aromatic nitrogens is 1. The minimum atomic E-state index is -0.605. The van der Waals surface area contributed by atoms with E-state index in [0.717, 1.165) is 74.4 Å². The Balaban J connectivity index is 0.000000173. The van der Waals surface area contributed by atoms with Crippen LogP contribution >= 0.6 is 0 Å². The highest BCUT2D eigenvalue weighted by Gasteiger charge is 2.42. The Hall–Kier alpha value is -6.87. The number of Topliss-reactive ketones (excluding diaryl/α,β-unsaturated/α-hetero) is 4. The first-order chi connectivity index (χ1) is 36.7. The molecular formula is C62H69N5O9. The van der Waals surface area contributed by atoms with Crippen molar-refractivity contribution in [3.63, 3.8) is 0 Å². The SMILES string of the molecule is CC(C)(O)C1CCN(Cc2ccc(COc3cccc4c3CN(C3CCC(=O)CC3=O)C4=O)cc2)CC1.O=C1CCC(N2Cc3c(OCc4ccc(CN5CCC(c6ccncc6)CC5)cc4)cccc3C2=O)C(=O)C1. The second-order valence-corrected chi connectivity index (χ2v) is 22.1. The van der Waals surface area contributed by atoms with Gasteiger partial charge in [-0.2, -0.15) is 0 Å². The van der Waals surface area contributed by atoms with Gasteiger partial charge in [0.15, 0.2) is 11.6 Å². The zero-order valence-electron chi connectivity index (χ0n) is 43.8. The standard InChI is InChI=1S/C32H33N3O4.C30H36N2O5/c36-26-8-9-29(30(37)18-26)35-20-28-27(32(35)38)2-1-3-31(28)39-21-23-6-4-22(5-7-23)19-34-16-12-25(13-17-34)24-10-14-33-15-11-24;1-30(2,36)22-12-14-31(15-13-22)17-20-6-8-21(9-7-20)19-37-28-5-3-4-24-25(28)18-32(29(24)35)26-11-10-23(33)16-27(26)34/h1-7,10-11,14-15,25,29H,8-9,12-13,16-21H2;3-9,22,26,36H,10-19H2,1-2H3. The molecule has 4 fully saturated rings. The van der Waals surface area contributed by atoms with Crippen molar-refractivity contribution in [2.24, 2.45) is 5.92 Å². The number of hydrogen-bond donors (Lipinski definition) is 1. The van der Waals surface area contributed by atoms with Crippen LogP contribution in [0.2, 0.25) is 0 Å². The van der Waals surface area contributed by atoms with Crippen LogP contribution in [-0.2, 0) is 58.6 Å². The van der Waals surface area contributed by atoms with Gasteiger partial charge in [-0.1, -0.05) is 60.7 Å². The minimum Gasteiger partial charge on any atom is -0.489 e. The molecule has 2 amide bonds. The molecular weight excluding hydrogens is 959 g/mol. The summed E-state index contributed by atoms with van der Waals surface area (Å²) in [7, 11) is 0. The van der Waals surface area contributed by atoms with Gasteiger partial charge in [-0.05, 0) is 155 Å². The van der Waals surface area contributed by atoms with Crippen molar-refractivity contribution in [2.45, 2.75) is 141 Å². The van der Waals surface area contributed by atoms with E-state index in [9.17, 15) is 33.9 Å². The Morgan fingerprint density at radius 3 is 1.38 bits per heavy atom. The average Bonchev–Trinajstić information content (AvgIpc) is 3.96. The normalized spacial score (nSPS) is 20.9. The van der Waals surface area contributed by atoms with E-state index < -0.39 is 17.7 Å². The summed E-state index contributed by atoms with van der Waals surface area (Å²) in [4.78, 5) is 86.6. The summed E-state index contributed by atoms with van der Waals surface area (Å²) in [6.45, 7) is 11.3. The van der Waals surface area contributed by atoms with E-state index in [1.54, 1.807) is 21.9 Å². The lowest BCUT2D eigenvalue weighted by atomic mass is 9.83. The molecule has 0 spiro atoms. The van der Waals surface area contributed by atoms with Gasteiger partial charge in [0.2, 0.25) is 0 Å². The molecule has 4 aliphatic heterocycles. The Morgan fingerprint density at radius 1 is 0.539 bits per heavy atom. The van der Waals surface area contributed by atoms with E-state index in [1.165, 1.54) is 29.5 Å². The van der Waals surface area contributed by atoms with Crippen LogP contribution in [0.15, 0.2) is 109 Å². The lowest BCUT2D eigenvalue weighted by Gasteiger charge is -2.37. The maximum absolute atomic E-state index is 13.1. The third-order valence-corrected chi connectivity index (χ3v) is 16.5. The number of amides is 2. The molecule has 2 aliphatic carbocycles. The van der Waals surface area contributed by atoms with E-state index in [4.69, 9.17) is 9.47 Å². The first-order valence-electron chi connectivity index (χ1n) is 27.2. The Labute approximate surface area is 445 Å². The zero-order valence-corrected chi connectivity index (χ0v) is 43.8. The van der Waals surface area contributed by atoms with Gasteiger partial charge in [0, 0.05) is 60.6 Å². The van der Waals surface area contributed by atoms with Crippen molar-refractivity contribution in [1.29, 1.82) is 0 Å². The summed E-state index contributed by atoms with van der Waals surface area (Å²) in [6.07, 6.45) is 9.49. The van der Waals surface area contributed by atoms with Gasteiger partial charge in [0.1, 0.15) is 36.3 Å². The fourth-order valence-electron chi connectivity index (χ4n) is 12.0. The second-order valence-electron chi connectivity index (χ2n) is 22.1. The van der Waals surface area contributed by atoms with Gasteiger partial charge in [-0.15, -0.1) is 0 Å². The molecule has 76 heavy (non-hydrogen) atoms. The van der Waals surface area contributed by atoms with Crippen molar-refractivity contribution in [1.82, 2.24) is 24.6 Å². The second kappa shape index (κ2) is 23.2. The number of ketones is 4. The summed E-state index contributed by atoms with van der Waals surface area (Å²) >= 11 is 0. The molecule has 14 nitrogen and oxygen atoms in total. The number of rotatable bonds is 14. The largest absolute Gasteiger partial charge is 0.489 e. The Bertz CT molecular complexity index is 2940. The summed E-state index contributed by atoms with van der Waals surface area (Å²) in [5.74, 6) is 1.58. The number of benzene rings is 4. The molecule has 0 bridgehead atoms. The minimum absolute atomic E-state index is 0.0407. The van der Waals surface area contributed by atoms with Crippen LogP contribution in [0.4, 0.5) is 0 Å². The van der Waals surface area contributed by atoms with E-state index in [1.807, 2.05) is 50.5 Å². The highest BCUT2D eigenvalue weighted by atomic mass is 16.5. The van der Waals surface area contributed by atoms with E-state index in [2.05, 4.69) is 75.4 Å². The third-order valence-electron chi connectivity index (χ3n) is 16.5. The highest BCUT2D eigenvalue weighted by molar-refractivity contribution is 6.08. The number of likely N-dealkylation sites (tertiary alicyclic amines) is 2. The van der Waals surface area contributed by atoms with E-state index >= 15 is 0 Å². The van der Waals surface area contributed by atoms with Crippen molar-refractivity contribution in [3.05, 3.63) is 160 Å². The fourth-order valence-corrected chi connectivity index (χ4v) is 12.0. The van der Waals surface area contributed by atoms with Crippen LogP contribution in [0, 0.1) is 5.92 Å². The van der Waals surface area contributed by atoms with Crippen LogP contribution in [0.3, 0.4) is 0 Å². The lowest BCUT2D eigenvalue weighted by molar-refractivity contribution is -0.134. The van der Waals surface area contributed by atoms with Gasteiger partial charge in [-0.3, -0.25) is 43.6 Å². The number of carbonyl (C=O) groups is 6. The number of hydrogen-bond acceptors (Lipinski definition) is 12. The van der Waals surface area contributed by atoms with Crippen molar-refractivity contribution >= 4 is 34.9 Å². The first-order valence-corrected chi connectivity index (χ1v) is 27.2. The van der Waals surface area contributed by atoms with Crippen molar-refractivity contribution < 1.29 is 43.3 Å². The number of nitrogens with zero attached hydrogens (tertiary/aromatic N) is 5. The smallest absolute Gasteiger partial charge is 0.255 e. The molecule has 1 N–H and O–H groups in total. The van der Waals surface area contributed by atoms with Crippen LogP contribution < -0.4 is 9.47 Å². The number of pyridine rings is 1. The molecule has 396 valence electrons. The molecule has 5 heterocycles. The van der Waals surface area contributed by atoms with Gasteiger partial charge < -0.3 is 24.4 Å². The average molecular weight is 1030 g/mol. The molecule has 6 aliphatic rings. The van der Waals surface area contributed by atoms with Crippen LogP contribution in [-0.4, -0.2) is 109 Å². The maximum Gasteiger partial charge on any atom is 0.255 e. The monoisotopic (exact) mass is 1030 g/mol. The first kappa shape index (κ1) is 52.6. The summed E-state index contributed by atoms with van der Waals surface area (Å²) in [5, 5.41) is 10.3. The summed E-state index contributed by atoms with van der Waals surface area (Å²) in [6, 6.07) is 31.2.